The zero-order valence-electron chi connectivity index (χ0n) is 15.6. The number of hydrogen-bond acceptors (Lipinski definition) is 1. The molecule has 2 aromatic carbocycles. The van der Waals surface area contributed by atoms with Crippen LogP contribution in [-0.2, 0) is 13.1 Å². The predicted octanol–water partition coefficient (Wildman–Crippen LogP) is 5.63. The van der Waals surface area contributed by atoms with E-state index in [4.69, 9.17) is 11.6 Å². The van der Waals surface area contributed by atoms with Gasteiger partial charge in [-0.2, -0.15) is 0 Å². The molecule has 0 N–H and O–H groups in total. The van der Waals surface area contributed by atoms with Gasteiger partial charge in [-0.25, -0.2) is 0 Å². The Morgan fingerprint density at radius 1 is 1.00 bits per heavy atom. The second-order valence-corrected chi connectivity index (χ2v) is 7.14. The standard InChI is InChI=1S/C23H25ClN2O/c1-2-3-15-26(23(27)20-11-13-21(24)14-12-20)18-22-10-7-16-25(22)17-19-8-5-4-6-9-19/h4-14,16H,2-3,15,17-18H2,1H3. The third-order valence-corrected chi connectivity index (χ3v) is 4.88. The Bertz CT molecular complexity index is 856. The van der Waals surface area contributed by atoms with E-state index in [1.807, 2.05) is 17.0 Å². The number of benzene rings is 2. The molecule has 1 heterocycles. The summed E-state index contributed by atoms with van der Waals surface area (Å²) in [5.74, 6) is 0.0487. The quantitative estimate of drug-likeness (QED) is 0.497. The summed E-state index contributed by atoms with van der Waals surface area (Å²) in [5.41, 5.74) is 3.06. The maximum atomic E-state index is 13.0. The highest BCUT2D eigenvalue weighted by Crippen LogP contribution is 2.16. The van der Waals surface area contributed by atoms with Crippen LogP contribution in [0.5, 0.6) is 0 Å². The SMILES string of the molecule is CCCCN(Cc1cccn1Cc1ccccc1)C(=O)c1ccc(Cl)cc1. The third kappa shape index (κ3) is 5.24. The molecule has 3 aromatic rings. The van der Waals surface area contributed by atoms with Crippen molar-refractivity contribution in [3.63, 3.8) is 0 Å². The Labute approximate surface area is 166 Å². The van der Waals surface area contributed by atoms with E-state index in [2.05, 4.69) is 48.0 Å². The van der Waals surface area contributed by atoms with E-state index in [9.17, 15) is 4.79 Å². The minimum atomic E-state index is 0.0487. The van der Waals surface area contributed by atoms with Crippen molar-refractivity contribution in [3.8, 4) is 0 Å². The molecule has 3 nitrogen and oxygen atoms in total. The molecule has 3 rings (SSSR count). The maximum absolute atomic E-state index is 13.0. The van der Waals surface area contributed by atoms with Gasteiger partial charge in [0, 0.05) is 35.6 Å². The Kier molecular flexibility index (Phi) is 6.72. The molecule has 0 bridgehead atoms. The second-order valence-electron chi connectivity index (χ2n) is 6.70. The summed E-state index contributed by atoms with van der Waals surface area (Å²) in [7, 11) is 0. The van der Waals surface area contributed by atoms with Gasteiger partial charge in [0.05, 0.1) is 6.54 Å². The molecule has 0 saturated heterocycles. The van der Waals surface area contributed by atoms with Gasteiger partial charge in [-0.05, 0) is 48.4 Å². The van der Waals surface area contributed by atoms with Crippen molar-refractivity contribution >= 4 is 17.5 Å². The molecular formula is C23H25ClN2O. The fraction of sp³-hybridized carbons (Fsp3) is 0.261. The normalized spacial score (nSPS) is 10.7. The summed E-state index contributed by atoms with van der Waals surface area (Å²) in [6.45, 7) is 4.29. The number of carbonyl (C=O) groups is 1. The monoisotopic (exact) mass is 380 g/mol. The van der Waals surface area contributed by atoms with Crippen LogP contribution in [0.2, 0.25) is 5.02 Å². The largest absolute Gasteiger partial charge is 0.345 e. The highest BCUT2D eigenvalue weighted by molar-refractivity contribution is 6.30. The molecular weight excluding hydrogens is 356 g/mol. The van der Waals surface area contributed by atoms with Crippen molar-refractivity contribution in [2.75, 3.05) is 6.54 Å². The number of rotatable bonds is 8. The number of nitrogens with zero attached hydrogens (tertiary/aromatic N) is 2. The average molecular weight is 381 g/mol. The summed E-state index contributed by atoms with van der Waals surface area (Å²) in [4.78, 5) is 15.0. The molecule has 0 aliphatic rings. The van der Waals surface area contributed by atoms with E-state index in [0.717, 1.165) is 31.6 Å². The molecule has 1 aromatic heterocycles. The topological polar surface area (TPSA) is 25.2 Å². The molecule has 0 aliphatic carbocycles. The van der Waals surface area contributed by atoms with Crippen molar-refractivity contribution in [1.29, 1.82) is 0 Å². The van der Waals surface area contributed by atoms with Crippen LogP contribution < -0.4 is 0 Å². The average Bonchev–Trinajstić information content (AvgIpc) is 3.12. The molecule has 0 atom stereocenters. The van der Waals surface area contributed by atoms with E-state index in [-0.39, 0.29) is 5.91 Å². The highest BCUT2D eigenvalue weighted by atomic mass is 35.5. The van der Waals surface area contributed by atoms with Gasteiger partial charge in [-0.1, -0.05) is 55.3 Å². The molecule has 0 radical (unpaired) electrons. The Balaban J connectivity index is 1.78. The molecule has 4 heteroatoms. The zero-order valence-corrected chi connectivity index (χ0v) is 16.4. The smallest absolute Gasteiger partial charge is 0.254 e. The van der Waals surface area contributed by atoms with Crippen LogP contribution in [0.3, 0.4) is 0 Å². The molecule has 27 heavy (non-hydrogen) atoms. The molecule has 0 saturated carbocycles. The first kappa shape index (κ1) is 19.2. The fourth-order valence-corrected chi connectivity index (χ4v) is 3.23. The number of hydrogen-bond donors (Lipinski definition) is 0. The lowest BCUT2D eigenvalue weighted by molar-refractivity contribution is 0.0737. The lowest BCUT2D eigenvalue weighted by Gasteiger charge is -2.24. The van der Waals surface area contributed by atoms with Gasteiger partial charge in [0.2, 0.25) is 0 Å². The Morgan fingerprint density at radius 3 is 2.44 bits per heavy atom. The first-order valence-electron chi connectivity index (χ1n) is 9.40. The van der Waals surface area contributed by atoms with Crippen LogP contribution in [-0.4, -0.2) is 21.9 Å². The van der Waals surface area contributed by atoms with Crippen molar-refractivity contribution < 1.29 is 4.79 Å². The molecule has 0 unspecified atom stereocenters. The lowest BCUT2D eigenvalue weighted by Crippen LogP contribution is -2.32. The van der Waals surface area contributed by atoms with E-state index >= 15 is 0 Å². The number of aromatic nitrogens is 1. The van der Waals surface area contributed by atoms with Crippen LogP contribution in [0, 0.1) is 0 Å². The summed E-state index contributed by atoms with van der Waals surface area (Å²) >= 11 is 5.96. The Hall–Kier alpha value is -2.52. The van der Waals surface area contributed by atoms with Gasteiger partial charge >= 0.3 is 0 Å². The third-order valence-electron chi connectivity index (χ3n) is 4.63. The number of amides is 1. The van der Waals surface area contributed by atoms with Crippen molar-refractivity contribution in [2.45, 2.75) is 32.9 Å². The van der Waals surface area contributed by atoms with Crippen LogP contribution in [0.25, 0.3) is 0 Å². The van der Waals surface area contributed by atoms with Gasteiger partial charge in [-0.15, -0.1) is 0 Å². The van der Waals surface area contributed by atoms with Crippen LogP contribution in [0.4, 0.5) is 0 Å². The summed E-state index contributed by atoms with van der Waals surface area (Å²) in [6.07, 6.45) is 4.11. The van der Waals surface area contributed by atoms with Gasteiger partial charge in [0.25, 0.3) is 5.91 Å². The minimum absolute atomic E-state index is 0.0487. The predicted molar refractivity (Wildman–Crippen MR) is 111 cm³/mol. The second kappa shape index (κ2) is 9.43. The number of carbonyl (C=O) groups excluding carboxylic acids is 1. The van der Waals surface area contributed by atoms with Gasteiger partial charge in [0.1, 0.15) is 0 Å². The summed E-state index contributed by atoms with van der Waals surface area (Å²) in [6, 6.07) is 21.6. The van der Waals surface area contributed by atoms with E-state index in [1.165, 1.54) is 5.56 Å². The molecule has 1 amide bonds. The lowest BCUT2D eigenvalue weighted by atomic mass is 10.1. The minimum Gasteiger partial charge on any atom is -0.345 e. The van der Waals surface area contributed by atoms with Crippen molar-refractivity contribution in [2.24, 2.45) is 0 Å². The van der Waals surface area contributed by atoms with E-state index in [0.29, 0.717) is 17.1 Å². The number of halogens is 1. The fourth-order valence-electron chi connectivity index (χ4n) is 3.10. The Morgan fingerprint density at radius 2 is 1.74 bits per heavy atom. The zero-order chi connectivity index (χ0) is 19.1. The number of unbranched alkanes of at least 4 members (excludes halogenated alkanes) is 1. The first-order chi connectivity index (χ1) is 13.2. The van der Waals surface area contributed by atoms with E-state index in [1.54, 1.807) is 24.3 Å². The van der Waals surface area contributed by atoms with Gasteiger partial charge in [0.15, 0.2) is 0 Å². The van der Waals surface area contributed by atoms with Crippen molar-refractivity contribution in [1.82, 2.24) is 9.47 Å². The summed E-state index contributed by atoms with van der Waals surface area (Å²) in [5, 5.41) is 0.642. The van der Waals surface area contributed by atoms with Crippen molar-refractivity contribution in [3.05, 3.63) is 94.8 Å². The van der Waals surface area contributed by atoms with Crippen LogP contribution >= 0.6 is 11.6 Å². The van der Waals surface area contributed by atoms with Gasteiger partial charge in [-0.3, -0.25) is 4.79 Å². The molecule has 0 fully saturated rings. The first-order valence-corrected chi connectivity index (χ1v) is 9.78. The molecule has 140 valence electrons. The molecule has 0 spiro atoms. The molecule has 0 aliphatic heterocycles. The maximum Gasteiger partial charge on any atom is 0.254 e. The highest BCUT2D eigenvalue weighted by Gasteiger charge is 2.17. The summed E-state index contributed by atoms with van der Waals surface area (Å²) < 4.78 is 2.21. The van der Waals surface area contributed by atoms with E-state index < -0.39 is 0 Å². The van der Waals surface area contributed by atoms with Crippen LogP contribution in [0.1, 0.15) is 41.4 Å². The van der Waals surface area contributed by atoms with Crippen LogP contribution in [0.15, 0.2) is 72.9 Å². The van der Waals surface area contributed by atoms with Gasteiger partial charge < -0.3 is 9.47 Å².